The quantitative estimate of drug-likeness (QED) is 0.807. The van der Waals surface area contributed by atoms with Gasteiger partial charge in [0.2, 0.25) is 0 Å². The van der Waals surface area contributed by atoms with Crippen LogP contribution in [0.3, 0.4) is 0 Å². The Bertz CT molecular complexity index is 387. The number of aliphatic hydroxyl groups is 1. The Hall–Kier alpha value is -1.14. The van der Waals surface area contributed by atoms with Crippen LogP contribution in [0.4, 0.5) is 4.79 Å². The zero-order valence-corrected chi connectivity index (χ0v) is 12.7. The first kappa shape index (κ1) is 15.9. The molecule has 0 spiro atoms. The van der Waals surface area contributed by atoms with Crippen molar-refractivity contribution < 1.29 is 9.90 Å². The molecule has 0 aliphatic rings. The van der Waals surface area contributed by atoms with Crippen LogP contribution in [-0.2, 0) is 6.54 Å². The number of aromatic nitrogens is 1. The Kier molecular flexibility index (Phi) is 6.80. The van der Waals surface area contributed by atoms with E-state index in [0.29, 0.717) is 25.6 Å². The van der Waals surface area contributed by atoms with E-state index in [-0.39, 0.29) is 12.6 Å². The molecule has 6 heteroatoms. The Morgan fingerprint density at radius 3 is 2.79 bits per heavy atom. The normalized spacial score (nSPS) is 10.8. The molecule has 1 rings (SSSR count). The summed E-state index contributed by atoms with van der Waals surface area (Å²) in [6, 6.07) is -0.141. The molecule has 108 valence electrons. The van der Waals surface area contributed by atoms with Gasteiger partial charge in [0.1, 0.15) is 5.01 Å². The number of carbonyl (C=O) groups excluding carboxylic acids is 1. The van der Waals surface area contributed by atoms with E-state index in [1.165, 1.54) is 0 Å². The molecule has 19 heavy (non-hydrogen) atoms. The smallest absolute Gasteiger partial charge is 0.317 e. The first-order valence-corrected chi connectivity index (χ1v) is 7.54. The van der Waals surface area contributed by atoms with E-state index in [1.54, 1.807) is 16.2 Å². The van der Waals surface area contributed by atoms with Crippen LogP contribution >= 0.6 is 11.3 Å². The van der Waals surface area contributed by atoms with Crippen LogP contribution in [-0.4, -0.2) is 40.7 Å². The van der Waals surface area contributed by atoms with E-state index in [4.69, 9.17) is 5.11 Å². The maximum atomic E-state index is 11.9. The van der Waals surface area contributed by atoms with Gasteiger partial charge in [-0.1, -0.05) is 20.8 Å². The van der Waals surface area contributed by atoms with E-state index in [0.717, 1.165) is 17.1 Å². The molecule has 0 saturated carbocycles. The summed E-state index contributed by atoms with van der Waals surface area (Å²) in [6.45, 7) is 7.66. The van der Waals surface area contributed by atoms with E-state index in [2.05, 4.69) is 24.1 Å². The topological polar surface area (TPSA) is 65.5 Å². The number of hydrogen-bond donors (Lipinski definition) is 2. The van der Waals surface area contributed by atoms with Gasteiger partial charge in [0.05, 0.1) is 18.8 Å². The van der Waals surface area contributed by atoms with Gasteiger partial charge in [0.25, 0.3) is 0 Å². The largest absolute Gasteiger partial charge is 0.395 e. The van der Waals surface area contributed by atoms with Gasteiger partial charge in [-0.25, -0.2) is 9.78 Å². The lowest BCUT2D eigenvalue weighted by Gasteiger charge is -2.21. The number of nitrogens with one attached hydrogen (secondary N) is 1. The summed E-state index contributed by atoms with van der Waals surface area (Å²) >= 11 is 1.56. The number of urea groups is 1. The molecule has 0 aromatic carbocycles. The molecule has 0 bridgehead atoms. The summed E-state index contributed by atoms with van der Waals surface area (Å²) in [6.07, 6.45) is 0.877. The van der Waals surface area contributed by atoms with Gasteiger partial charge in [-0.2, -0.15) is 0 Å². The number of aliphatic hydroxyl groups excluding tert-OH is 1. The standard InChI is InChI=1S/C13H23N3O2S/c1-4-5-16(6-7-17)13(18)14-8-12-15-11(9-19-12)10(2)3/h9-10,17H,4-8H2,1-3H3,(H,14,18). The molecule has 0 fully saturated rings. The van der Waals surface area contributed by atoms with Crippen LogP contribution in [0.5, 0.6) is 0 Å². The third-order valence-electron chi connectivity index (χ3n) is 2.70. The van der Waals surface area contributed by atoms with Crippen molar-refractivity contribution in [3.05, 3.63) is 16.1 Å². The lowest BCUT2D eigenvalue weighted by Crippen LogP contribution is -2.41. The van der Waals surface area contributed by atoms with Gasteiger partial charge in [-0.3, -0.25) is 0 Å². The van der Waals surface area contributed by atoms with Crippen LogP contribution in [0.2, 0.25) is 0 Å². The van der Waals surface area contributed by atoms with Crippen molar-refractivity contribution in [2.45, 2.75) is 39.7 Å². The molecule has 1 heterocycles. The van der Waals surface area contributed by atoms with Crippen molar-refractivity contribution in [3.8, 4) is 0 Å². The van der Waals surface area contributed by atoms with Crippen molar-refractivity contribution in [1.82, 2.24) is 15.2 Å². The molecule has 1 aromatic heterocycles. The van der Waals surface area contributed by atoms with Crippen molar-refractivity contribution >= 4 is 17.4 Å². The van der Waals surface area contributed by atoms with E-state index >= 15 is 0 Å². The molecule has 0 unspecified atom stereocenters. The number of nitrogens with zero attached hydrogens (tertiary/aromatic N) is 2. The Balaban J connectivity index is 2.47. The van der Waals surface area contributed by atoms with Crippen molar-refractivity contribution in [2.24, 2.45) is 0 Å². The predicted octanol–water partition coefficient (Wildman–Crippen LogP) is 2.18. The Morgan fingerprint density at radius 1 is 1.53 bits per heavy atom. The summed E-state index contributed by atoms with van der Waals surface area (Å²) in [5.74, 6) is 0.409. The molecular weight excluding hydrogens is 262 g/mol. The molecule has 0 aliphatic heterocycles. The van der Waals surface area contributed by atoms with E-state index in [1.807, 2.05) is 12.3 Å². The Labute approximate surface area is 118 Å². The van der Waals surface area contributed by atoms with Crippen LogP contribution in [0.1, 0.15) is 43.8 Å². The highest BCUT2D eigenvalue weighted by Gasteiger charge is 2.12. The molecule has 2 amide bonds. The highest BCUT2D eigenvalue weighted by atomic mass is 32.1. The van der Waals surface area contributed by atoms with Crippen molar-refractivity contribution in [3.63, 3.8) is 0 Å². The zero-order chi connectivity index (χ0) is 14.3. The molecule has 0 radical (unpaired) electrons. The maximum absolute atomic E-state index is 11.9. The van der Waals surface area contributed by atoms with Gasteiger partial charge < -0.3 is 15.3 Å². The summed E-state index contributed by atoms with van der Waals surface area (Å²) < 4.78 is 0. The molecule has 5 nitrogen and oxygen atoms in total. The van der Waals surface area contributed by atoms with Crippen LogP contribution in [0.25, 0.3) is 0 Å². The SMILES string of the molecule is CCCN(CCO)C(=O)NCc1nc(C(C)C)cs1. The number of carbonyl (C=O) groups is 1. The van der Waals surface area contributed by atoms with Gasteiger partial charge in [-0.05, 0) is 12.3 Å². The monoisotopic (exact) mass is 285 g/mol. The van der Waals surface area contributed by atoms with E-state index in [9.17, 15) is 4.79 Å². The number of amides is 2. The van der Waals surface area contributed by atoms with Crippen molar-refractivity contribution in [1.29, 1.82) is 0 Å². The third kappa shape index (κ3) is 5.16. The van der Waals surface area contributed by atoms with Crippen LogP contribution in [0, 0.1) is 0 Å². The van der Waals surface area contributed by atoms with Crippen LogP contribution in [0.15, 0.2) is 5.38 Å². The van der Waals surface area contributed by atoms with Gasteiger partial charge >= 0.3 is 6.03 Å². The highest BCUT2D eigenvalue weighted by molar-refractivity contribution is 7.09. The van der Waals surface area contributed by atoms with E-state index < -0.39 is 0 Å². The summed E-state index contributed by atoms with van der Waals surface area (Å²) in [5, 5.41) is 14.7. The first-order valence-electron chi connectivity index (χ1n) is 6.66. The first-order chi connectivity index (χ1) is 9.08. The zero-order valence-electron chi connectivity index (χ0n) is 11.8. The minimum Gasteiger partial charge on any atom is -0.395 e. The maximum Gasteiger partial charge on any atom is 0.317 e. The molecule has 2 N–H and O–H groups in total. The molecular formula is C13H23N3O2S. The van der Waals surface area contributed by atoms with Crippen molar-refractivity contribution in [2.75, 3.05) is 19.7 Å². The number of rotatable bonds is 7. The summed E-state index contributed by atoms with van der Waals surface area (Å²) in [5.41, 5.74) is 1.06. The summed E-state index contributed by atoms with van der Waals surface area (Å²) in [4.78, 5) is 18.0. The number of thiazole rings is 1. The second kappa shape index (κ2) is 8.12. The minimum atomic E-state index is -0.141. The lowest BCUT2D eigenvalue weighted by atomic mass is 10.2. The fraction of sp³-hybridized carbons (Fsp3) is 0.692. The molecule has 0 atom stereocenters. The fourth-order valence-corrected chi connectivity index (χ4v) is 2.54. The summed E-state index contributed by atoms with van der Waals surface area (Å²) in [7, 11) is 0. The van der Waals surface area contributed by atoms with Crippen LogP contribution < -0.4 is 5.32 Å². The second-order valence-electron chi connectivity index (χ2n) is 4.69. The third-order valence-corrected chi connectivity index (χ3v) is 3.57. The second-order valence-corrected chi connectivity index (χ2v) is 5.63. The van der Waals surface area contributed by atoms with Gasteiger partial charge in [0.15, 0.2) is 0 Å². The fourth-order valence-electron chi connectivity index (χ4n) is 1.64. The Morgan fingerprint density at radius 2 is 2.26 bits per heavy atom. The highest BCUT2D eigenvalue weighted by Crippen LogP contribution is 2.17. The molecule has 1 aromatic rings. The lowest BCUT2D eigenvalue weighted by molar-refractivity contribution is 0.177. The average Bonchev–Trinajstić information content (AvgIpc) is 2.84. The minimum absolute atomic E-state index is 0.0117. The van der Waals surface area contributed by atoms with Gasteiger partial charge in [0, 0.05) is 18.5 Å². The number of hydrogen-bond acceptors (Lipinski definition) is 4. The van der Waals surface area contributed by atoms with Gasteiger partial charge in [-0.15, -0.1) is 11.3 Å². The average molecular weight is 285 g/mol. The molecule has 0 aliphatic carbocycles. The predicted molar refractivity (Wildman–Crippen MR) is 77.4 cm³/mol. The molecule has 0 saturated heterocycles.